The lowest BCUT2D eigenvalue weighted by molar-refractivity contribution is 0.291. The van der Waals surface area contributed by atoms with Gasteiger partial charge in [-0.1, -0.05) is 152 Å². The van der Waals surface area contributed by atoms with Gasteiger partial charge in [-0.15, -0.1) is 0 Å². The van der Waals surface area contributed by atoms with Crippen LogP contribution in [0.25, 0.3) is 0 Å². The quantitative estimate of drug-likeness (QED) is 0.141. The van der Waals surface area contributed by atoms with Gasteiger partial charge in [-0.25, -0.2) is 0 Å². The molecule has 0 spiro atoms. The van der Waals surface area contributed by atoms with Crippen molar-refractivity contribution in [3.63, 3.8) is 0 Å². The third-order valence-electron chi connectivity index (χ3n) is 15.9. The van der Waals surface area contributed by atoms with Crippen LogP contribution >= 0.6 is 7.82 Å². The van der Waals surface area contributed by atoms with Crippen LogP contribution in [0, 0.1) is 0 Å². The number of para-hydroxylation sites is 6. The lowest BCUT2D eigenvalue weighted by Gasteiger charge is -2.44. The van der Waals surface area contributed by atoms with Crippen molar-refractivity contribution >= 4 is 24.9 Å². The highest BCUT2D eigenvalue weighted by atomic mass is 31.2. The molecular weight excluding hydrogens is 786 g/mol. The normalized spacial score (nSPS) is 22.2. The van der Waals surface area contributed by atoms with E-state index in [1.807, 2.05) is 36.4 Å². The highest BCUT2D eigenvalue weighted by Gasteiger charge is 2.41. The largest absolute Gasteiger partial charge is 0.647 e. The van der Waals surface area contributed by atoms with E-state index in [0.29, 0.717) is 53.5 Å². The van der Waals surface area contributed by atoms with Crippen LogP contribution in [0.3, 0.4) is 0 Å². The molecule has 6 aliphatic carbocycles. The lowest BCUT2D eigenvalue weighted by atomic mass is 9.88. The molecule has 3 aromatic carbocycles. The predicted molar refractivity (Wildman–Crippen MR) is 257 cm³/mol. The van der Waals surface area contributed by atoms with Crippen molar-refractivity contribution in [1.29, 1.82) is 0 Å². The van der Waals surface area contributed by atoms with Crippen molar-refractivity contribution < 1.29 is 18.1 Å². The number of phosphoric acid groups is 1. The summed E-state index contributed by atoms with van der Waals surface area (Å²) in [4.78, 5) is 8.09. The van der Waals surface area contributed by atoms with Crippen LogP contribution in [0.5, 0.6) is 17.2 Å². The zero-order chi connectivity index (χ0) is 42.0. The van der Waals surface area contributed by atoms with Gasteiger partial charge in [0.1, 0.15) is 0 Å². The molecule has 62 heavy (non-hydrogen) atoms. The first-order chi connectivity index (χ1) is 30.6. The van der Waals surface area contributed by atoms with E-state index in [0.717, 1.165) is 17.1 Å². The summed E-state index contributed by atoms with van der Waals surface area (Å²) < 4.78 is 37.6. The molecule has 0 heterocycles. The molecule has 0 unspecified atom stereocenters. The maximum absolute atomic E-state index is 16.4. The fourth-order valence-electron chi connectivity index (χ4n) is 12.9. The number of phosphoric ester groups is 1. The third-order valence-corrected chi connectivity index (χ3v) is 17.1. The SMILES string of the molecule is O=P(Oc1ccccc1N(C1CCCCC1)C1CCCCC1)(Oc1ccccc1N(C1CCCCC1)C1CCCCC1)Oc1ccccc1N(C1CCCCC1)C1CCCCC1. The number of hydrogen-bond donors (Lipinski definition) is 0. The van der Waals surface area contributed by atoms with Gasteiger partial charge in [0.2, 0.25) is 0 Å². The second-order valence-corrected chi connectivity index (χ2v) is 21.5. The Labute approximate surface area is 375 Å². The maximum atomic E-state index is 16.4. The van der Waals surface area contributed by atoms with Crippen LogP contribution in [0.15, 0.2) is 72.8 Å². The topological polar surface area (TPSA) is 54.5 Å². The van der Waals surface area contributed by atoms with E-state index in [4.69, 9.17) is 13.6 Å². The molecule has 0 atom stereocenters. The molecule has 6 aliphatic rings. The maximum Gasteiger partial charge on any atom is 0.647 e. The van der Waals surface area contributed by atoms with Gasteiger partial charge in [0.05, 0.1) is 17.1 Å². The van der Waals surface area contributed by atoms with Crippen molar-refractivity contribution in [3.8, 4) is 17.2 Å². The first kappa shape index (κ1) is 43.9. The highest BCUT2D eigenvalue weighted by molar-refractivity contribution is 7.49. The number of anilines is 3. The highest BCUT2D eigenvalue weighted by Crippen LogP contribution is 2.56. The third kappa shape index (κ3) is 10.6. The Hall–Kier alpha value is -3.31. The van der Waals surface area contributed by atoms with Crippen LogP contribution in [0.4, 0.5) is 17.1 Å². The number of nitrogens with zero attached hydrogens (tertiary/aromatic N) is 3. The molecule has 0 radical (unpaired) electrons. The summed E-state index contributed by atoms with van der Waals surface area (Å²) in [6.07, 6.45) is 37.2. The Bertz CT molecular complexity index is 1600. The molecule has 8 heteroatoms. The first-order valence-corrected chi connectivity index (χ1v) is 27.4. The molecule has 0 bridgehead atoms. The second kappa shape index (κ2) is 21.6. The molecule has 0 saturated heterocycles. The molecule has 0 aromatic heterocycles. The number of benzene rings is 3. The molecule has 3 aromatic rings. The van der Waals surface area contributed by atoms with Crippen LogP contribution in [0.1, 0.15) is 193 Å². The van der Waals surface area contributed by atoms with E-state index < -0.39 is 7.82 Å². The van der Waals surface area contributed by atoms with Gasteiger partial charge in [0.15, 0.2) is 17.2 Å². The van der Waals surface area contributed by atoms with Gasteiger partial charge in [0.25, 0.3) is 0 Å². The molecule has 338 valence electrons. The Morgan fingerprint density at radius 1 is 0.306 bits per heavy atom. The summed E-state index contributed by atoms with van der Waals surface area (Å²) in [5.41, 5.74) is 3.12. The van der Waals surface area contributed by atoms with Gasteiger partial charge in [-0.2, -0.15) is 4.57 Å². The standard InChI is InChI=1S/C54H78N3O4P/c58-62(59-52-40-22-19-37-49(52)55(43-25-7-1-8-26-43)44-27-9-2-10-28-44,60-53-41-23-20-38-50(53)56(45-29-11-3-12-30-45)46-31-13-4-14-32-46)61-54-42-24-21-39-51(54)57(47-33-15-5-16-34-47)48-35-17-6-18-36-48/h19-24,37-48H,1-18,25-36H2. The molecule has 6 fully saturated rings. The zero-order valence-electron chi connectivity index (χ0n) is 38.0. The Kier molecular flexibility index (Phi) is 15.3. The summed E-state index contributed by atoms with van der Waals surface area (Å²) in [6, 6.07) is 27.9. The number of hydrogen-bond acceptors (Lipinski definition) is 7. The molecule has 7 nitrogen and oxygen atoms in total. The first-order valence-electron chi connectivity index (χ1n) is 25.9. The van der Waals surface area contributed by atoms with Gasteiger partial charge in [-0.05, 0) is 113 Å². The monoisotopic (exact) mass is 864 g/mol. The minimum absolute atomic E-state index is 0.443. The van der Waals surface area contributed by atoms with E-state index in [2.05, 4.69) is 51.1 Å². The van der Waals surface area contributed by atoms with Crippen molar-refractivity contribution in [1.82, 2.24) is 0 Å². The van der Waals surface area contributed by atoms with Crippen molar-refractivity contribution in [3.05, 3.63) is 72.8 Å². The fraction of sp³-hybridized carbons (Fsp3) is 0.667. The Balaban J connectivity index is 1.13. The van der Waals surface area contributed by atoms with Gasteiger partial charge < -0.3 is 28.3 Å². The molecule has 0 aliphatic heterocycles. The molecule has 0 amide bonds. The van der Waals surface area contributed by atoms with Crippen molar-refractivity contribution in [2.45, 2.75) is 229 Å². The van der Waals surface area contributed by atoms with E-state index in [9.17, 15) is 0 Å². The van der Waals surface area contributed by atoms with E-state index >= 15 is 4.57 Å². The van der Waals surface area contributed by atoms with E-state index in [-0.39, 0.29) is 0 Å². The minimum atomic E-state index is -4.41. The predicted octanol–water partition coefficient (Wildman–Crippen LogP) is 15.7. The van der Waals surface area contributed by atoms with Gasteiger partial charge in [-0.3, -0.25) is 0 Å². The number of rotatable bonds is 15. The zero-order valence-corrected chi connectivity index (χ0v) is 38.9. The molecule has 9 rings (SSSR count). The van der Waals surface area contributed by atoms with Gasteiger partial charge >= 0.3 is 7.82 Å². The van der Waals surface area contributed by atoms with Gasteiger partial charge in [0, 0.05) is 36.3 Å². The minimum Gasteiger partial charge on any atom is -0.384 e. The summed E-state index contributed by atoms with van der Waals surface area (Å²) >= 11 is 0. The lowest BCUT2D eigenvalue weighted by Crippen LogP contribution is -2.45. The average Bonchev–Trinajstić information content (AvgIpc) is 3.33. The molecule has 0 N–H and O–H groups in total. The Morgan fingerprint density at radius 3 is 0.710 bits per heavy atom. The summed E-state index contributed by atoms with van der Waals surface area (Å²) in [6.45, 7) is 0. The summed E-state index contributed by atoms with van der Waals surface area (Å²) in [5, 5.41) is 0. The molecular formula is C54H78N3O4P. The second-order valence-electron chi connectivity index (χ2n) is 20.1. The summed E-state index contributed by atoms with van der Waals surface area (Å²) in [5.74, 6) is 1.82. The average molecular weight is 864 g/mol. The van der Waals surface area contributed by atoms with Crippen LogP contribution in [0.2, 0.25) is 0 Å². The van der Waals surface area contributed by atoms with E-state index in [1.54, 1.807) is 0 Å². The van der Waals surface area contributed by atoms with Crippen LogP contribution in [-0.2, 0) is 4.57 Å². The van der Waals surface area contributed by atoms with Crippen molar-refractivity contribution in [2.24, 2.45) is 0 Å². The van der Waals surface area contributed by atoms with E-state index in [1.165, 1.54) is 193 Å². The Morgan fingerprint density at radius 2 is 0.500 bits per heavy atom. The van der Waals surface area contributed by atoms with Crippen LogP contribution < -0.4 is 28.3 Å². The fourth-order valence-corrected chi connectivity index (χ4v) is 14.2. The smallest absolute Gasteiger partial charge is 0.384 e. The summed E-state index contributed by atoms with van der Waals surface area (Å²) in [7, 11) is -4.41. The molecule has 6 saturated carbocycles. The van der Waals surface area contributed by atoms with Crippen LogP contribution in [-0.4, -0.2) is 36.3 Å². The van der Waals surface area contributed by atoms with Crippen molar-refractivity contribution in [2.75, 3.05) is 14.7 Å².